The van der Waals surface area contributed by atoms with E-state index in [1.807, 2.05) is 0 Å². The number of carboxylic acid groups (broad SMARTS) is 1. The van der Waals surface area contributed by atoms with Crippen LogP contribution in [0.15, 0.2) is 0 Å². The molecule has 2 fully saturated rings. The Labute approximate surface area is 201 Å². The zero-order chi connectivity index (χ0) is 26.6. The molecule has 15 nitrogen and oxygen atoms in total. The monoisotopic (exact) mass is 516 g/mol. The summed E-state index contributed by atoms with van der Waals surface area (Å²) in [6.45, 7) is 2.52. The lowest BCUT2D eigenvalue weighted by Gasteiger charge is -2.43. The van der Waals surface area contributed by atoms with Gasteiger partial charge in [0.25, 0.3) is 0 Å². The maximum Gasteiger partial charge on any atom is 0.335 e. The molecule has 2 aliphatic heterocycles. The number of carbonyl (C=O) groups is 1. The van der Waals surface area contributed by atoms with Crippen LogP contribution in [0.2, 0.25) is 0 Å². The highest BCUT2D eigenvalue weighted by atomic mass is 16.7. The molecule has 206 valence electrons. The molecular formula is C20H36O15. The number of hydrogen-bond acceptors (Lipinski definition) is 14. The minimum atomic E-state index is -1.92. The summed E-state index contributed by atoms with van der Waals surface area (Å²) in [6.07, 6.45) is -20.9. The molecule has 0 amide bonds. The Morgan fingerprint density at radius 3 is 1.91 bits per heavy atom. The van der Waals surface area contributed by atoms with Crippen LogP contribution in [0.25, 0.3) is 0 Å². The van der Waals surface area contributed by atoms with Crippen molar-refractivity contribution in [2.75, 3.05) is 20.8 Å². The van der Waals surface area contributed by atoms with E-state index in [1.165, 1.54) is 21.1 Å². The quantitative estimate of drug-likeness (QED) is 0.129. The van der Waals surface area contributed by atoms with Gasteiger partial charge in [0, 0.05) is 14.2 Å². The predicted molar refractivity (Wildman–Crippen MR) is 111 cm³/mol. The van der Waals surface area contributed by atoms with E-state index in [4.69, 9.17) is 33.5 Å². The summed E-state index contributed by atoms with van der Waals surface area (Å²) in [4.78, 5) is 11.2. The molecule has 0 radical (unpaired) electrons. The second-order valence-corrected chi connectivity index (χ2v) is 8.56. The SMILES string of the molecule is COC(C)[C@H](O)C(OC)[C@@H](C)O[C@H]1OC(CO[C@H]2OC(C(=O)O)[C@@H](O)C(O)[C@@H]2O)[C@@H](O)[C@H](O)C1O. The third kappa shape index (κ3) is 6.84. The first-order valence-corrected chi connectivity index (χ1v) is 11.0. The van der Waals surface area contributed by atoms with Crippen molar-refractivity contribution in [1.82, 2.24) is 0 Å². The van der Waals surface area contributed by atoms with E-state index in [9.17, 15) is 40.5 Å². The van der Waals surface area contributed by atoms with Crippen LogP contribution in [0.5, 0.6) is 0 Å². The van der Waals surface area contributed by atoms with E-state index < -0.39 is 98.4 Å². The minimum absolute atomic E-state index is 0.604. The van der Waals surface area contributed by atoms with Gasteiger partial charge in [0.1, 0.15) is 54.9 Å². The summed E-state index contributed by atoms with van der Waals surface area (Å²) in [6, 6.07) is 0. The van der Waals surface area contributed by atoms with Gasteiger partial charge in [0.05, 0.1) is 18.8 Å². The molecule has 0 aromatic heterocycles. The molecule has 0 bridgehead atoms. The van der Waals surface area contributed by atoms with Crippen molar-refractivity contribution >= 4 is 5.97 Å². The van der Waals surface area contributed by atoms with Gasteiger partial charge < -0.3 is 69.3 Å². The number of carboxylic acids is 1. The molecule has 0 aliphatic carbocycles. The molecule has 8 N–H and O–H groups in total. The third-order valence-corrected chi connectivity index (χ3v) is 6.18. The summed E-state index contributed by atoms with van der Waals surface area (Å²) in [5, 5.41) is 80.1. The molecule has 0 spiro atoms. The first kappa shape index (κ1) is 30.2. The lowest BCUT2D eigenvalue weighted by molar-refractivity contribution is -0.337. The number of aliphatic hydroxyl groups excluding tert-OH is 7. The maximum absolute atomic E-state index is 11.2. The van der Waals surface area contributed by atoms with Gasteiger partial charge in [-0.3, -0.25) is 0 Å². The van der Waals surface area contributed by atoms with Gasteiger partial charge in [0.15, 0.2) is 18.7 Å². The van der Waals surface area contributed by atoms with E-state index in [-0.39, 0.29) is 0 Å². The molecule has 6 unspecified atom stereocenters. The first-order valence-electron chi connectivity index (χ1n) is 11.0. The molecule has 0 aromatic carbocycles. The lowest BCUT2D eigenvalue weighted by atomic mass is 9.98. The Morgan fingerprint density at radius 2 is 1.37 bits per heavy atom. The summed E-state index contributed by atoms with van der Waals surface area (Å²) in [5.41, 5.74) is 0. The number of hydrogen-bond donors (Lipinski definition) is 8. The molecule has 2 heterocycles. The highest BCUT2D eigenvalue weighted by Gasteiger charge is 2.49. The number of ether oxygens (including phenoxy) is 6. The van der Waals surface area contributed by atoms with Crippen LogP contribution in [0.3, 0.4) is 0 Å². The van der Waals surface area contributed by atoms with Gasteiger partial charge in [0.2, 0.25) is 0 Å². The predicted octanol–water partition coefficient (Wildman–Crippen LogP) is -4.48. The third-order valence-electron chi connectivity index (χ3n) is 6.18. The molecule has 0 saturated carbocycles. The van der Waals surface area contributed by atoms with Crippen LogP contribution in [-0.2, 0) is 33.2 Å². The van der Waals surface area contributed by atoms with Crippen molar-refractivity contribution in [3.05, 3.63) is 0 Å². The van der Waals surface area contributed by atoms with E-state index in [1.54, 1.807) is 6.92 Å². The van der Waals surface area contributed by atoms with Crippen LogP contribution in [-0.4, -0.2) is 153 Å². The largest absolute Gasteiger partial charge is 0.479 e. The number of aliphatic carboxylic acids is 1. The van der Waals surface area contributed by atoms with Gasteiger partial charge in [-0.2, -0.15) is 0 Å². The minimum Gasteiger partial charge on any atom is -0.479 e. The fraction of sp³-hybridized carbons (Fsp3) is 0.950. The van der Waals surface area contributed by atoms with Crippen LogP contribution in [0.4, 0.5) is 0 Å². The summed E-state index contributed by atoms with van der Waals surface area (Å²) < 4.78 is 31.8. The summed E-state index contributed by atoms with van der Waals surface area (Å²) in [7, 11) is 2.72. The van der Waals surface area contributed by atoms with Crippen LogP contribution in [0, 0.1) is 0 Å². The summed E-state index contributed by atoms with van der Waals surface area (Å²) in [5.74, 6) is -1.61. The fourth-order valence-corrected chi connectivity index (χ4v) is 3.85. The van der Waals surface area contributed by atoms with Gasteiger partial charge in [-0.05, 0) is 13.8 Å². The molecule has 2 aliphatic rings. The highest BCUT2D eigenvalue weighted by Crippen LogP contribution is 2.27. The molecule has 2 saturated heterocycles. The zero-order valence-electron chi connectivity index (χ0n) is 19.7. The average Bonchev–Trinajstić information content (AvgIpc) is 2.82. The molecule has 15 heteroatoms. The Bertz CT molecular complexity index is 666. The number of methoxy groups -OCH3 is 2. The van der Waals surface area contributed by atoms with Crippen molar-refractivity contribution in [3.63, 3.8) is 0 Å². The fourth-order valence-electron chi connectivity index (χ4n) is 3.85. The normalized spacial score (nSPS) is 41.7. The van der Waals surface area contributed by atoms with Gasteiger partial charge >= 0.3 is 5.97 Å². The highest BCUT2D eigenvalue weighted by molar-refractivity contribution is 5.73. The average molecular weight is 516 g/mol. The van der Waals surface area contributed by atoms with Crippen molar-refractivity contribution in [1.29, 1.82) is 0 Å². The second kappa shape index (κ2) is 13.0. The lowest BCUT2D eigenvalue weighted by Crippen LogP contribution is -2.62. The Hall–Kier alpha value is -1.05. The van der Waals surface area contributed by atoms with Gasteiger partial charge in [-0.25, -0.2) is 4.79 Å². The number of rotatable bonds is 11. The second-order valence-electron chi connectivity index (χ2n) is 8.56. The van der Waals surface area contributed by atoms with Gasteiger partial charge in [-0.1, -0.05) is 0 Å². The maximum atomic E-state index is 11.2. The molecule has 14 atom stereocenters. The van der Waals surface area contributed by atoms with Gasteiger partial charge in [-0.15, -0.1) is 0 Å². The molecular weight excluding hydrogens is 480 g/mol. The van der Waals surface area contributed by atoms with Crippen molar-refractivity contribution < 1.29 is 74.1 Å². The smallest absolute Gasteiger partial charge is 0.335 e. The summed E-state index contributed by atoms with van der Waals surface area (Å²) >= 11 is 0. The topological polar surface area (TPSA) is 234 Å². The zero-order valence-corrected chi connectivity index (χ0v) is 19.7. The molecule has 35 heavy (non-hydrogen) atoms. The Kier molecular flexibility index (Phi) is 11.2. The molecule has 2 rings (SSSR count). The van der Waals surface area contributed by atoms with Crippen LogP contribution >= 0.6 is 0 Å². The Morgan fingerprint density at radius 1 is 0.800 bits per heavy atom. The molecule has 0 aromatic rings. The number of aliphatic hydroxyl groups is 7. The van der Waals surface area contributed by atoms with Crippen molar-refractivity contribution in [2.24, 2.45) is 0 Å². The van der Waals surface area contributed by atoms with Crippen LogP contribution in [0.1, 0.15) is 13.8 Å². The van der Waals surface area contributed by atoms with E-state index in [0.717, 1.165) is 0 Å². The van der Waals surface area contributed by atoms with E-state index in [0.29, 0.717) is 0 Å². The van der Waals surface area contributed by atoms with E-state index in [2.05, 4.69) is 0 Å². The van der Waals surface area contributed by atoms with Crippen LogP contribution < -0.4 is 0 Å². The van der Waals surface area contributed by atoms with Crippen molar-refractivity contribution in [3.8, 4) is 0 Å². The standard InChI is InChI=1S/C20H36O15/c1-6(30-3)9(21)16(31-4)7(2)33-20-15(27)11(23)10(22)8(34-20)5-32-19-14(26)12(24)13(25)17(35-19)18(28)29/h6-17,19-27H,5H2,1-4H3,(H,28,29)/t6?,7-,8?,9+,10-,11+,12?,13+,14+,15?,16?,17?,19+,20+/m1/s1. The van der Waals surface area contributed by atoms with Crippen molar-refractivity contribution in [2.45, 2.75) is 99.7 Å². The Balaban J connectivity index is 2.06. The first-order chi connectivity index (χ1) is 16.3. The van der Waals surface area contributed by atoms with E-state index >= 15 is 0 Å².